The first kappa shape index (κ1) is 19.0. The Kier molecular flexibility index (Phi) is 4.51. The average molecular weight is 370 g/mol. The molecule has 1 aliphatic carbocycles. The SMILES string of the molecule is Cc1cc(=O)[nH]c2c1C(=O)c1c(C)cc(=O)n(CCC[N+](C)(C)C)c1C2=O. The lowest BCUT2D eigenvalue weighted by molar-refractivity contribution is -0.870. The molecule has 0 aliphatic heterocycles. The molecule has 0 saturated carbocycles. The Bertz CT molecular complexity index is 1080. The Morgan fingerprint density at radius 3 is 2.19 bits per heavy atom. The van der Waals surface area contributed by atoms with Gasteiger partial charge in [-0.2, -0.15) is 0 Å². The topological polar surface area (TPSA) is 89.0 Å². The predicted molar refractivity (Wildman–Crippen MR) is 102 cm³/mol. The van der Waals surface area contributed by atoms with Crippen LogP contribution in [-0.2, 0) is 6.54 Å². The number of rotatable bonds is 4. The molecule has 0 unspecified atom stereocenters. The molecule has 0 amide bonds. The Balaban J connectivity index is 2.20. The normalized spacial score (nSPS) is 13.5. The van der Waals surface area contributed by atoms with E-state index in [4.69, 9.17) is 0 Å². The van der Waals surface area contributed by atoms with Crippen molar-refractivity contribution in [3.05, 3.63) is 66.5 Å². The van der Waals surface area contributed by atoms with Crippen molar-refractivity contribution in [2.75, 3.05) is 27.7 Å². The van der Waals surface area contributed by atoms with E-state index in [9.17, 15) is 19.2 Å². The Labute approximate surface area is 156 Å². The summed E-state index contributed by atoms with van der Waals surface area (Å²) < 4.78 is 2.10. The van der Waals surface area contributed by atoms with E-state index < -0.39 is 11.3 Å². The maximum atomic E-state index is 13.2. The summed E-state index contributed by atoms with van der Waals surface area (Å²) in [5.41, 5.74) is 0.712. The molecule has 0 fully saturated rings. The van der Waals surface area contributed by atoms with Crippen LogP contribution in [0.5, 0.6) is 0 Å². The molecular formula is C20H24N3O4+. The molecule has 0 bridgehead atoms. The molecule has 2 aromatic rings. The first-order valence-electron chi connectivity index (χ1n) is 8.89. The quantitative estimate of drug-likeness (QED) is 0.695. The van der Waals surface area contributed by atoms with Gasteiger partial charge in [-0.15, -0.1) is 0 Å². The second-order valence-electron chi connectivity index (χ2n) is 8.13. The zero-order valence-corrected chi connectivity index (χ0v) is 16.3. The van der Waals surface area contributed by atoms with Crippen molar-refractivity contribution in [2.45, 2.75) is 26.8 Å². The van der Waals surface area contributed by atoms with E-state index in [1.807, 2.05) is 21.1 Å². The van der Waals surface area contributed by atoms with Gasteiger partial charge in [0, 0.05) is 25.1 Å². The summed E-state index contributed by atoms with van der Waals surface area (Å²) in [6, 6.07) is 2.71. The predicted octanol–water partition coefficient (Wildman–Crippen LogP) is 1.03. The fourth-order valence-electron chi connectivity index (χ4n) is 3.61. The highest BCUT2D eigenvalue weighted by Crippen LogP contribution is 2.28. The molecular weight excluding hydrogens is 346 g/mol. The molecule has 0 radical (unpaired) electrons. The molecule has 3 rings (SSSR count). The van der Waals surface area contributed by atoms with Gasteiger partial charge in [-0.3, -0.25) is 19.2 Å². The van der Waals surface area contributed by atoms with E-state index in [-0.39, 0.29) is 33.9 Å². The van der Waals surface area contributed by atoms with Gasteiger partial charge in [-0.1, -0.05) is 0 Å². The summed E-state index contributed by atoms with van der Waals surface area (Å²) in [5, 5.41) is 0. The summed E-state index contributed by atoms with van der Waals surface area (Å²) in [4.78, 5) is 53.2. The van der Waals surface area contributed by atoms with Gasteiger partial charge in [0.15, 0.2) is 5.78 Å². The number of hydrogen-bond acceptors (Lipinski definition) is 4. The molecule has 27 heavy (non-hydrogen) atoms. The van der Waals surface area contributed by atoms with Gasteiger partial charge in [-0.05, 0) is 25.0 Å². The van der Waals surface area contributed by atoms with Crippen LogP contribution in [0.1, 0.15) is 49.7 Å². The molecule has 7 nitrogen and oxygen atoms in total. The van der Waals surface area contributed by atoms with Crippen molar-refractivity contribution >= 4 is 11.6 Å². The molecule has 7 heteroatoms. The summed E-state index contributed by atoms with van der Waals surface area (Å²) in [6.45, 7) is 4.44. The third-order valence-corrected chi connectivity index (χ3v) is 4.85. The highest BCUT2D eigenvalue weighted by Gasteiger charge is 2.36. The van der Waals surface area contributed by atoms with Gasteiger partial charge >= 0.3 is 0 Å². The van der Waals surface area contributed by atoms with Crippen molar-refractivity contribution in [2.24, 2.45) is 0 Å². The largest absolute Gasteiger partial charge is 0.331 e. The number of fused-ring (bicyclic) bond motifs is 2. The summed E-state index contributed by atoms with van der Waals surface area (Å²) in [6.07, 6.45) is 0.678. The van der Waals surface area contributed by atoms with Crippen molar-refractivity contribution in [1.82, 2.24) is 9.55 Å². The van der Waals surface area contributed by atoms with Gasteiger partial charge in [0.25, 0.3) is 5.56 Å². The van der Waals surface area contributed by atoms with Crippen molar-refractivity contribution in [1.29, 1.82) is 0 Å². The van der Waals surface area contributed by atoms with Crippen LogP contribution in [0.15, 0.2) is 21.7 Å². The van der Waals surface area contributed by atoms with E-state index in [0.29, 0.717) is 24.1 Å². The van der Waals surface area contributed by atoms with Crippen molar-refractivity contribution in [3.63, 3.8) is 0 Å². The second-order valence-corrected chi connectivity index (χ2v) is 8.13. The zero-order valence-electron chi connectivity index (χ0n) is 16.3. The monoisotopic (exact) mass is 370 g/mol. The number of aromatic amines is 1. The minimum Gasteiger partial charge on any atom is -0.331 e. The van der Waals surface area contributed by atoms with Gasteiger partial charge in [0.1, 0.15) is 11.4 Å². The van der Waals surface area contributed by atoms with Crippen molar-refractivity contribution < 1.29 is 14.1 Å². The van der Waals surface area contributed by atoms with E-state index in [2.05, 4.69) is 4.98 Å². The van der Waals surface area contributed by atoms with Crippen LogP contribution in [0, 0.1) is 13.8 Å². The molecule has 1 N–H and O–H groups in total. The minimum atomic E-state index is -0.480. The van der Waals surface area contributed by atoms with E-state index in [1.54, 1.807) is 13.8 Å². The number of nitrogens with one attached hydrogen (secondary N) is 1. The number of quaternary nitrogens is 1. The minimum absolute atomic E-state index is 0.0251. The van der Waals surface area contributed by atoms with Gasteiger partial charge < -0.3 is 14.0 Å². The fourth-order valence-corrected chi connectivity index (χ4v) is 3.61. The Hall–Kier alpha value is -2.80. The van der Waals surface area contributed by atoms with Crippen LogP contribution < -0.4 is 11.1 Å². The number of ketones is 2. The molecule has 1 aliphatic rings. The Morgan fingerprint density at radius 1 is 0.926 bits per heavy atom. The second kappa shape index (κ2) is 6.42. The molecule has 142 valence electrons. The zero-order chi connectivity index (χ0) is 20.1. The first-order valence-corrected chi connectivity index (χ1v) is 8.89. The van der Waals surface area contributed by atoms with E-state index in [0.717, 1.165) is 11.0 Å². The van der Waals surface area contributed by atoms with Crippen LogP contribution in [0.2, 0.25) is 0 Å². The smallest absolute Gasteiger partial charge is 0.251 e. The third kappa shape index (κ3) is 3.30. The number of carbonyl (C=O) groups excluding carboxylic acids is 2. The standard InChI is InChI=1S/C20H23N3O4/c1-11-9-13(24)21-17-15(11)19(26)16-12(2)10-14(25)22(18(16)20(17)27)7-6-8-23(3,4)5/h9-10H,6-8H2,1-5H3/p+1. The summed E-state index contributed by atoms with van der Waals surface area (Å²) >= 11 is 0. The molecule has 0 spiro atoms. The summed E-state index contributed by atoms with van der Waals surface area (Å²) in [7, 11) is 6.14. The number of pyridine rings is 2. The van der Waals surface area contributed by atoms with Crippen LogP contribution in [0.25, 0.3) is 0 Å². The number of H-pyrrole nitrogens is 1. The lowest BCUT2D eigenvalue weighted by Gasteiger charge is -2.26. The third-order valence-electron chi connectivity index (χ3n) is 4.85. The average Bonchev–Trinajstić information content (AvgIpc) is 2.52. The van der Waals surface area contributed by atoms with Crippen LogP contribution in [0.4, 0.5) is 0 Å². The Morgan fingerprint density at radius 2 is 1.56 bits per heavy atom. The highest BCUT2D eigenvalue weighted by molar-refractivity contribution is 6.27. The maximum Gasteiger partial charge on any atom is 0.251 e. The van der Waals surface area contributed by atoms with E-state index >= 15 is 0 Å². The van der Waals surface area contributed by atoms with Gasteiger partial charge in [0.2, 0.25) is 11.3 Å². The van der Waals surface area contributed by atoms with Crippen LogP contribution >= 0.6 is 0 Å². The van der Waals surface area contributed by atoms with Crippen LogP contribution in [-0.4, -0.2) is 53.3 Å². The number of nitrogens with zero attached hydrogens (tertiary/aromatic N) is 2. The molecule has 2 heterocycles. The lowest BCUT2D eigenvalue weighted by atomic mass is 9.85. The molecule has 2 aromatic heterocycles. The number of aryl methyl sites for hydroxylation is 2. The van der Waals surface area contributed by atoms with Gasteiger partial charge in [-0.25, -0.2) is 0 Å². The highest BCUT2D eigenvalue weighted by atomic mass is 16.2. The lowest BCUT2D eigenvalue weighted by Crippen LogP contribution is -2.38. The van der Waals surface area contributed by atoms with Crippen molar-refractivity contribution in [3.8, 4) is 0 Å². The summed E-state index contributed by atoms with van der Waals surface area (Å²) in [5.74, 6) is -0.808. The van der Waals surface area contributed by atoms with Gasteiger partial charge in [0.05, 0.1) is 38.8 Å². The molecule has 0 saturated heterocycles. The maximum absolute atomic E-state index is 13.2. The van der Waals surface area contributed by atoms with Crippen LogP contribution in [0.3, 0.4) is 0 Å². The fraction of sp³-hybridized carbons (Fsp3) is 0.400. The number of aromatic nitrogens is 2. The molecule has 0 atom stereocenters. The number of hydrogen-bond donors (Lipinski definition) is 1. The van der Waals surface area contributed by atoms with E-state index in [1.165, 1.54) is 16.7 Å². The first-order chi connectivity index (χ1) is 12.5. The number of carbonyl (C=O) groups is 2. The molecule has 0 aromatic carbocycles.